The lowest BCUT2D eigenvalue weighted by atomic mass is 9.83. The molecule has 1 aliphatic heterocycles. The van der Waals surface area contributed by atoms with Crippen molar-refractivity contribution >= 4 is 0 Å². The van der Waals surface area contributed by atoms with Crippen LogP contribution in [0.5, 0.6) is 0 Å². The van der Waals surface area contributed by atoms with Crippen LogP contribution >= 0.6 is 0 Å². The van der Waals surface area contributed by atoms with E-state index in [1.807, 2.05) is 19.3 Å². The fourth-order valence-electron chi connectivity index (χ4n) is 2.41. The zero-order valence-electron chi connectivity index (χ0n) is 10.5. The number of rotatable bonds is 3. The molecule has 1 aliphatic rings. The Labute approximate surface area is 102 Å². The average molecular weight is 236 g/mol. The van der Waals surface area contributed by atoms with Crippen LogP contribution in [0, 0.1) is 6.92 Å². The third-order valence-electron chi connectivity index (χ3n) is 3.57. The Morgan fingerprint density at radius 3 is 2.71 bits per heavy atom. The number of ether oxygens (including phenoxy) is 2. The molecule has 1 aromatic rings. The Bertz CT molecular complexity index is 375. The van der Waals surface area contributed by atoms with Crippen LogP contribution in [0.3, 0.4) is 0 Å². The summed E-state index contributed by atoms with van der Waals surface area (Å²) in [5, 5.41) is 0. The SMILES string of the molecule is COC1(C(N)c2cncc(C)c2)CCOCC1. The first-order chi connectivity index (χ1) is 8.18. The van der Waals surface area contributed by atoms with Crippen LogP contribution in [-0.2, 0) is 9.47 Å². The largest absolute Gasteiger partial charge is 0.381 e. The molecule has 0 radical (unpaired) electrons. The van der Waals surface area contributed by atoms with Gasteiger partial charge in [-0.1, -0.05) is 6.07 Å². The molecule has 1 atom stereocenters. The lowest BCUT2D eigenvalue weighted by molar-refractivity contribution is -0.105. The highest BCUT2D eigenvalue weighted by Gasteiger charge is 2.39. The summed E-state index contributed by atoms with van der Waals surface area (Å²) in [4.78, 5) is 4.20. The number of aryl methyl sites for hydroxylation is 1. The van der Waals surface area contributed by atoms with Gasteiger partial charge in [0.05, 0.1) is 11.6 Å². The molecular weight excluding hydrogens is 216 g/mol. The molecule has 17 heavy (non-hydrogen) atoms. The second-order valence-electron chi connectivity index (χ2n) is 4.65. The van der Waals surface area contributed by atoms with E-state index in [0.717, 1.165) is 24.0 Å². The summed E-state index contributed by atoms with van der Waals surface area (Å²) < 4.78 is 11.1. The molecule has 1 saturated heterocycles. The first-order valence-corrected chi connectivity index (χ1v) is 5.98. The van der Waals surface area contributed by atoms with Gasteiger partial charge in [0.2, 0.25) is 0 Å². The zero-order valence-corrected chi connectivity index (χ0v) is 10.5. The van der Waals surface area contributed by atoms with Crippen molar-refractivity contribution in [3.8, 4) is 0 Å². The molecule has 4 nitrogen and oxygen atoms in total. The number of methoxy groups -OCH3 is 1. The maximum atomic E-state index is 6.36. The molecule has 2 N–H and O–H groups in total. The second-order valence-corrected chi connectivity index (χ2v) is 4.65. The number of nitrogens with zero attached hydrogens (tertiary/aromatic N) is 1. The van der Waals surface area contributed by atoms with Crippen LogP contribution in [0.15, 0.2) is 18.5 Å². The molecule has 1 aromatic heterocycles. The Balaban J connectivity index is 2.24. The zero-order chi connectivity index (χ0) is 12.3. The Morgan fingerprint density at radius 2 is 2.12 bits per heavy atom. The second kappa shape index (κ2) is 5.12. The first kappa shape index (κ1) is 12.5. The maximum Gasteiger partial charge on any atom is 0.0914 e. The molecule has 0 saturated carbocycles. The van der Waals surface area contributed by atoms with E-state index in [4.69, 9.17) is 15.2 Å². The van der Waals surface area contributed by atoms with Crippen LogP contribution in [0.4, 0.5) is 0 Å². The number of hydrogen-bond acceptors (Lipinski definition) is 4. The summed E-state index contributed by atoms with van der Waals surface area (Å²) >= 11 is 0. The van der Waals surface area contributed by atoms with Crippen molar-refractivity contribution in [2.75, 3.05) is 20.3 Å². The number of pyridine rings is 1. The van der Waals surface area contributed by atoms with E-state index in [2.05, 4.69) is 11.1 Å². The molecule has 2 heterocycles. The van der Waals surface area contributed by atoms with Gasteiger partial charge in [0.1, 0.15) is 0 Å². The summed E-state index contributed by atoms with van der Waals surface area (Å²) in [6.07, 6.45) is 5.32. The van der Waals surface area contributed by atoms with Gasteiger partial charge in [0.25, 0.3) is 0 Å². The van der Waals surface area contributed by atoms with Gasteiger partial charge in [-0.2, -0.15) is 0 Å². The molecule has 0 bridgehead atoms. The van der Waals surface area contributed by atoms with Gasteiger partial charge in [-0.05, 0) is 18.1 Å². The fourth-order valence-corrected chi connectivity index (χ4v) is 2.41. The van der Waals surface area contributed by atoms with Gasteiger partial charge in [-0.15, -0.1) is 0 Å². The minimum Gasteiger partial charge on any atom is -0.381 e. The predicted octanol–water partition coefficient (Wildman–Crippen LogP) is 1.59. The van der Waals surface area contributed by atoms with Crippen LogP contribution in [0.25, 0.3) is 0 Å². The molecule has 4 heteroatoms. The fraction of sp³-hybridized carbons (Fsp3) is 0.615. The van der Waals surface area contributed by atoms with Crippen molar-refractivity contribution in [1.29, 1.82) is 0 Å². The van der Waals surface area contributed by atoms with Gasteiger partial charge in [0.15, 0.2) is 0 Å². The minimum absolute atomic E-state index is 0.149. The summed E-state index contributed by atoms with van der Waals surface area (Å²) in [6, 6.07) is 1.93. The first-order valence-electron chi connectivity index (χ1n) is 5.98. The summed E-state index contributed by atoms with van der Waals surface area (Å²) in [7, 11) is 1.73. The lowest BCUT2D eigenvalue weighted by Crippen LogP contribution is -2.47. The molecule has 94 valence electrons. The number of nitrogens with two attached hydrogens (primary N) is 1. The molecule has 1 unspecified atom stereocenters. The normalized spacial score (nSPS) is 21.1. The predicted molar refractivity (Wildman–Crippen MR) is 65.7 cm³/mol. The summed E-state index contributed by atoms with van der Waals surface area (Å²) in [6.45, 7) is 3.44. The highest BCUT2D eigenvalue weighted by Crippen LogP contribution is 2.35. The summed E-state index contributed by atoms with van der Waals surface area (Å²) in [5.41, 5.74) is 8.21. The van der Waals surface area contributed by atoms with Crippen molar-refractivity contribution in [3.63, 3.8) is 0 Å². The Morgan fingerprint density at radius 1 is 1.41 bits per heavy atom. The standard InChI is InChI=1S/C13H20N2O2/c1-10-7-11(9-15-8-10)12(14)13(16-2)3-5-17-6-4-13/h7-9,12H,3-6,14H2,1-2H3. The average Bonchev–Trinajstić information content (AvgIpc) is 2.38. The van der Waals surface area contributed by atoms with Crippen LogP contribution < -0.4 is 5.73 Å². The van der Waals surface area contributed by atoms with Gasteiger partial charge < -0.3 is 15.2 Å². The minimum atomic E-state index is -0.312. The molecule has 1 fully saturated rings. The Kier molecular flexibility index (Phi) is 3.76. The Hall–Kier alpha value is -0.970. The van der Waals surface area contributed by atoms with Crippen molar-refractivity contribution in [3.05, 3.63) is 29.6 Å². The van der Waals surface area contributed by atoms with E-state index in [9.17, 15) is 0 Å². The topological polar surface area (TPSA) is 57.4 Å². The van der Waals surface area contributed by atoms with E-state index < -0.39 is 0 Å². The van der Waals surface area contributed by atoms with E-state index in [1.165, 1.54) is 0 Å². The van der Waals surface area contributed by atoms with E-state index in [1.54, 1.807) is 7.11 Å². The molecule has 0 aliphatic carbocycles. The van der Waals surface area contributed by atoms with Crippen molar-refractivity contribution in [2.45, 2.75) is 31.4 Å². The maximum absolute atomic E-state index is 6.36. The van der Waals surface area contributed by atoms with Crippen LogP contribution in [-0.4, -0.2) is 30.9 Å². The summed E-state index contributed by atoms with van der Waals surface area (Å²) in [5.74, 6) is 0. The molecule has 2 rings (SSSR count). The quantitative estimate of drug-likeness (QED) is 0.865. The van der Waals surface area contributed by atoms with Crippen molar-refractivity contribution in [2.24, 2.45) is 5.73 Å². The van der Waals surface area contributed by atoms with Crippen molar-refractivity contribution in [1.82, 2.24) is 4.98 Å². The van der Waals surface area contributed by atoms with Crippen LogP contribution in [0.1, 0.15) is 30.0 Å². The third kappa shape index (κ3) is 2.49. The molecule has 0 spiro atoms. The van der Waals surface area contributed by atoms with E-state index in [0.29, 0.717) is 13.2 Å². The van der Waals surface area contributed by atoms with E-state index in [-0.39, 0.29) is 11.6 Å². The monoisotopic (exact) mass is 236 g/mol. The molecule has 0 aromatic carbocycles. The van der Waals surface area contributed by atoms with Gasteiger partial charge >= 0.3 is 0 Å². The number of hydrogen-bond donors (Lipinski definition) is 1. The number of aromatic nitrogens is 1. The highest BCUT2D eigenvalue weighted by molar-refractivity contribution is 5.23. The van der Waals surface area contributed by atoms with Crippen molar-refractivity contribution < 1.29 is 9.47 Å². The van der Waals surface area contributed by atoms with Gasteiger partial charge in [0, 0.05) is 45.6 Å². The third-order valence-corrected chi connectivity index (χ3v) is 3.57. The smallest absolute Gasteiger partial charge is 0.0914 e. The van der Waals surface area contributed by atoms with Gasteiger partial charge in [-0.3, -0.25) is 4.98 Å². The van der Waals surface area contributed by atoms with E-state index >= 15 is 0 Å². The highest BCUT2D eigenvalue weighted by atomic mass is 16.5. The lowest BCUT2D eigenvalue weighted by Gasteiger charge is -2.40. The van der Waals surface area contributed by atoms with Gasteiger partial charge in [-0.25, -0.2) is 0 Å². The molecular formula is C13H20N2O2. The van der Waals surface area contributed by atoms with Crippen LogP contribution in [0.2, 0.25) is 0 Å². The molecule has 0 amide bonds.